The standard InChI is InChI=1S/C22H29NO6/c1-5-7-8-15-11-19(25)29-21-14(4)17(10-9-16(15)21)28-12-18(24)23-20(22(26)27)13(3)6-2/h9-11,13,20H,5-8,12H2,1-4H3,(H,23,24)(H,26,27)/p-1/t13-,20-/m0/s1. The van der Waals surface area contributed by atoms with Crippen LogP contribution in [-0.4, -0.2) is 24.5 Å². The number of hydrogen-bond acceptors (Lipinski definition) is 6. The van der Waals surface area contributed by atoms with Crippen molar-refractivity contribution in [3.8, 4) is 5.75 Å². The smallest absolute Gasteiger partial charge is 0.336 e. The number of hydrogen-bond donors (Lipinski definition) is 1. The van der Waals surface area contributed by atoms with Gasteiger partial charge in [-0.25, -0.2) is 4.79 Å². The van der Waals surface area contributed by atoms with Gasteiger partial charge in [0, 0.05) is 17.0 Å². The fourth-order valence-electron chi connectivity index (χ4n) is 3.17. The second kappa shape index (κ2) is 10.1. The lowest BCUT2D eigenvalue weighted by Crippen LogP contribution is -2.52. The molecule has 1 aromatic heterocycles. The van der Waals surface area contributed by atoms with Gasteiger partial charge in [0.05, 0.1) is 12.0 Å². The number of nitrogens with one attached hydrogen (secondary N) is 1. The second-order valence-corrected chi connectivity index (χ2v) is 7.30. The summed E-state index contributed by atoms with van der Waals surface area (Å²) in [7, 11) is 0. The van der Waals surface area contributed by atoms with Crippen LogP contribution >= 0.6 is 0 Å². The van der Waals surface area contributed by atoms with Gasteiger partial charge >= 0.3 is 5.63 Å². The van der Waals surface area contributed by atoms with Gasteiger partial charge in [-0.2, -0.15) is 0 Å². The van der Waals surface area contributed by atoms with Crippen molar-refractivity contribution in [2.24, 2.45) is 5.92 Å². The van der Waals surface area contributed by atoms with Crippen LogP contribution in [0, 0.1) is 12.8 Å². The topological polar surface area (TPSA) is 109 Å². The molecule has 29 heavy (non-hydrogen) atoms. The number of amides is 1. The van der Waals surface area contributed by atoms with E-state index >= 15 is 0 Å². The Morgan fingerprint density at radius 3 is 2.62 bits per heavy atom. The second-order valence-electron chi connectivity index (χ2n) is 7.30. The summed E-state index contributed by atoms with van der Waals surface area (Å²) in [6.07, 6.45) is 3.34. The molecule has 0 aliphatic carbocycles. The highest BCUT2D eigenvalue weighted by Gasteiger charge is 2.20. The summed E-state index contributed by atoms with van der Waals surface area (Å²) in [5.74, 6) is -1.74. The molecule has 0 aliphatic heterocycles. The van der Waals surface area contributed by atoms with Crippen molar-refractivity contribution in [1.82, 2.24) is 5.32 Å². The first-order chi connectivity index (χ1) is 13.8. The average Bonchev–Trinajstić information content (AvgIpc) is 2.69. The minimum atomic E-state index is -1.32. The van der Waals surface area contributed by atoms with Gasteiger partial charge in [0.1, 0.15) is 11.3 Å². The van der Waals surface area contributed by atoms with Gasteiger partial charge < -0.3 is 24.4 Å². The lowest BCUT2D eigenvalue weighted by atomic mass is 9.99. The minimum absolute atomic E-state index is 0.262. The molecule has 0 aliphatic rings. The first kappa shape index (κ1) is 22.5. The van der Waals surface area contributed by atoms with Crippen molar-refractivity contribution < 1.29 is 23.8 Å². The third-order valence-electron chi connectivity index (χ3n) is 5.14. The number of benzene rings is 1. The van der Waals surface area contributed by atoms with Crippen molar-refractivity contribution in [2.45, 2.75) is 59.4 Å². The van der Waals surface area contributed by atoms with Crippen LogP contribution in [0.3, 0.4) is 0 Å². The van der Waals surface area contributed by atoms with Gasteiger partial charge in [0.15, 0.2) is 6.61 Å². The summed E-state index contributed by atoms with van der Waals surface area (Å²) in [6, 6.07) is 3.98. The Kier molecular flexibility index (Phi) is 7.82. The quantitative estimate of drug-likeness (QED) is 0.610. The summed E-state index contributed by atoms with van der Waals surface area (Å²) in [6.45, 7) is 7.05. The molecule has 2 aromatic rings. The minimum Gasteiger partial charge on any atom is -0.548 e. The molecule has 1 aromatic carbocycles. The molecule has 0 fully saturated rings. The Hall–Kier alpha value is -2.83. The van der Waals surface area contributed by atoms with E-state index in [9.17, 15) is 19.5 Å². The van der Waals surface area contributed by atoms with Crippen molar-refractivity contribution in [3.05, 3.63) is 39.7 Å². The molecule has 1 amide bonds. The molecular formula is C22H28NO6-. The molecule has 7 nitrogen and oxygen atoms in total. The number of carbonyl (C=O) groups excluding carboxylic acids is 2. The largest absolute Gasteiger partial charge is 0.548 e. The van der Waals surface area contributed by atoms with Crippen LogP contribution in [0.4, 0.5) is 0 Å². The van der Waals surface area contributed by atoms with Crippen LogP contribution in [0.1, 0.15) is 51.2 Å². The Morgan fingerprint density at radius 1 is 1.28 bits per heavy atom. The molecule has 7 heteroatoms. The Bertz CT molecular complexity index is 933. The lowest BCUT2D eigenvalue weighted by Gasteiger charge is -2.25. The molecule has 1 heterocycles. The molecule has 0 spiro atoms. The third-order valence-corrected chi connectivity index (χ3v) is 5.14. The summed E-state index contributed by atoms with van der Waals surface area (Å²) in [4.78, 5) is 35.3. The predicted molar refractivity (Wildman–Crippen MR) is 108 cm³/mol. The number of carboxylic acids is 1. The molecule has 0 saturated heterocycles. The SMILES string of the molecule is CCCCc1cc(=O)oc2c(C)c(OCC(=O)N[C@H](C(=O)[O-])[C@@H](C)CC)ccc12. The van der Waals surface area contributed by atoms with Gasteiger partial charge in [-0.05, 0) is 43.4 Å². The average molecular weight is 402 g/mol. The number of ether oxygens (including phenoxy) is 1. The van der Waals surface area contributed by atoms with Crippen molar-refractivity contribution >= 4 is 22.8 Å². The molecule has 2 atom stereocenters. The molecule has 1 N–H and O–H groups in total. The lowest BCUT2D eigenvalue weighted by molar-refractivity contribution is -0.309. The highest BCUT2D eigenvalue weighted by Crippen LogP contribution is 2.29. The van der Waals surface area contributed by atoms with Crippen molar-refractivity contribution in [3.63, 3.8) is 0 Å². The van der Waals surface area contributed by atoms with E-state index in [1.54, 1.807) is 19.9 Å². The fraction of sp³-hybridized carbons (Fsp3) is 0.500. The van der Waals surface area contributed by atoms with E-state index in [2.05, 4.69) is 12.2 Å². The van der Waals surface area contributed by atoms with Gasteiger partial charge in [0.2, 0.25) is 0 Å². The zero-order valence-electron chi connectivity index (χ0n) is 17.4. The first-order valence-electron chi connectivity index (χ1n) is 9.97. The van der Waals surface area contributed by atoms with Crippen LogP contribution < -0.4 is 20.8 Å². The Balaban J connectivity index is 2.18. The monoisotopic (exact) mass is 402 g/mol. The van der Waals surface area contributed by atoms with E-state index in [0.717, 1.165) is 30.2 Å². The number of carbonyl (C=O) groups is 2. The van der Waals surface area contributed by atoms with Gasteiger partial charge in [-0.15, -0.1) is 0 Å². The maximum Gasteiger partial charge on any atom is 0.336 e. The number of rotatable bonds is 10. The number of fused-ring (bicyclic) bond motifs is 1. The van der Waals surface area contributed by atoms with Crippen LogP contribution in [0.2, 0.25) is 0 Å². The van der Waals surface area contributed by atoms with Gasteiger partial charge in [-0.3, -0.25) is 4.79 Å². The third kappa shape index (κ3) is 5.59. The maximum atomic E-state index is 12.2. The number of carboxylic acid groups (broad SMARTS) is 1. The molecule has 0 bridgehead atoms. The van der Waals surface area contributed by atoms with Crippen LogP contribution in [0.25, 0.3) is 11.0 Å². The predicted octanol–water partition coefficient (Wildman–Crippen LogP) is 2.10. The number of aryl methyl sites for hydroxylation is 2. The highest BCUT2D eigenvalue weighted by molar-refractivity contribution is 5.86. The van der Waals surface area contributed by atoms with Crippen molar-refractivity contribution in [1.29, 1.82) is 0 Å². The van der Waals surface area contributed by atoms with E-state index in [1.165, 1.54) is 6.07 Å². The highest BCUT2D eigenvalue weighted by atomic mass is 16.5. The summed E-state index contributed by atoms with van der Waals surface area (Å²) >= 11 is 0. The molecule has 158 valence electrons. The van der Waals surface area contributed by atoms with Crippen molar-refractivity contribution in [2.75, 3.05) is 6.61 Å². The van der Waals surface area contributed by atoms with E-state index in [1.807, 2.05) is 13.0 Å². The molecule has 0 radical (unpaired) electrons. The molecular weight excluding hydrogens is 374 g/mol. The molecule has 0 saturated carbocycles. The van der Waals surface area contributed by atoms with E-state index < -0.39 is 23.5 Å². The van der Waals surface area contributed by atoms with Crippen LogP contribution in [0.5, 0.6) is 5.75 Å². The fourth-order valence-corrected chi connectivity index (χ4v) is 3.17. The van der Waals surface area contributed by atoms with E-state index in [-0.39, 0.29) is 12.5 Å². The number of aliphatic carboxylic acids is 1. The number of unbranched alkanes of at least 4 members (excludes halogenated alkanes) is 1. The zero-order valence-corrected chi connectivity index (χ0v) is 17.4. The Morgan fingerprint density at radius 2 is 2.00 bits per heavy atom. The molecule has 0 unspecified atom stereocenters. The van der Waals surface area contributed by atoms with Crippen LogP contribution in [0.15, 0.2) is 27.4 Å². The normalized spacial score (nSPS) is 13.1. The van der Waals surface area contributed by atoms with E-state index in [0.29, 0.717) is 23.3 Å². The van der Waals surface area contributed by atoms with Crippen LogP contribution in [-0.2, 0) is 16.0 Å². The maximum absolute atomic E-state index is 12.2. The first-order valence-corrected chi connectivity index (χ1v) is 9.97. The summed E-state index contributed by atoms with van der Waals surface area (Å²) < 4.78 is 11.0. The summed E-state index contributed by atoms with van der Waals surface area (Å²) in [5.41, 5.74) is 1.56. The summed E-state index contributed by atoms with van der Waals surface area (Å²) in [5, 5.41) is 14.5. The van der Waals surface area contributed by atoms with E-state index in [4.69, 9.17) is 9.15 Å². The Labute approximate surface area is 170 Å². The van der Waals surface area contributed by atoms with Gasteiger partial charge in [0.25, 0.3) is 5.91 Å². The zero-order chi connectivity index (χ0) is 21.6. The van der Waals surface area contributed by atoms with Gasteiger partial charge in [-0.1, -0.05) is 33.6 Å². The molecule has 2 rings (SSSR count).